The van der Waals surface area contributed by atoms with Crippen molar-refractivity contribution in [3.63, 3.8) is 0 Å². The van der Waals surface area contributed by atoms with E-state index >= 15 is 0 Å². The van der Waals surface area contributed by atoms with Crippen LogP contribution in [0.25, 0.3) is 5.70 Å². The fourth-order valence-corrected chi connectivity index (χ4v) is 3.98. The van der Waals surface area contributed by atoms with Crippen LogP contribution in [-0.2, 0) is 4.74 Å². The lowest BCUT2D eigenvalue weighted by Gasteiger charge is -2.44. The van der Waals surface area contributed by atoms with Gasteiger partial charge in [-0.25, -0.2) is 0 Å². The summed E-state index contributed by atoms with van der Waals surface area (Å²) >= 11 is 0. The highest BCUT2D eigenvalue weighted by Gasteiger charge is 2.43. The van der Waals surface area contributed by atoms with Gasteiger partial charge in [-0.05, 0) is 54.8 Å². The molecule has 5 nitrogen and oxygen atoms in total. The number of hydrogen-bond donors (Lipinski definition) is 3. The Morgan fingerprint density at radius 3 is 2.48 bits per heavy atom. The lowest BCUT2D eigenvalue weighted by molar-refractivity contribution is -0.00343. The molecule has 1 aromatic carbocycles. The molecule has 1 atom stereocenters. The number of dihydropyridines is 1. The molecule has 2 aliphatic heterocycles. The maximum absolute atomic E-state index is 6.97. The molecule has 1 saturated carbocycles. The van der Waals surface area contributed by atoms with E-state index in [1.54, 1.807) is 7.11 Å². The highest BCUT2D eigenvalue weighted by molar-refractivity contribution is 5.69. The van der Waals surface area contributed by atoms with Gasteiger partial charge in [0.2, 0.25) is 0 Å². The van der Waals surface area contributed by atoms with Gasteiger partial charge in [-0.15, -0.1) is 0 Å². The molecule has 0 bridgehead atoms. The van der Waals surface area contributed by atoms with E-state index in [0.717, 1.165) is 35.9 Å². The second kappa shape index (κ2) is 6.73. The standard InChI is InChI=1S/C20H27N3O2/c1-24-17-8-6-14(7-9-17)18-10-11-19(22-16-12-25-13-16)20(21,23-18)15-4-2-3-5-15/h6-11,15-16,22-23H,2-5,12-13,21H2,1H3. The van der Waals surface area contributed by atoms with Crippen molar-refractivity contribution < 1.29 is 9.47 Å². The molecule has 2 fully saturated rings. The molecular weight excluding hydrogens is 314 g/mol. The lowest BCUT2D eigenvalue weighted by atomic mass is 9.85. The van der Waals surface area contributed by atoms with Gasteiger partial charge in [-0.1, -0.05) is 12.8 Å². The van der Waals surface area contributed by atoms with E-state index in [1.165, 1.54) is 25.7 Å². The Balaban J connectivity index is 1.62. The van der Waals surface area contributed by atoms with Gasteiger partial charge in [0.1, 0.15) is 11.4 Å². The van der Waals surface area contributed by atoms with Crippen LogP contribution >= 0.6 is 0 Å². The first-order valence-corrected chi connectivity index (χ1v) is 9.17. The van der Waals surface area contributed by atoms with Gasteiger partial charge in [-0.2, -0.15) is 0 Å². The minimum Gasteiger partial charge on any atom is -0.497 e. The first kappa shape index (κ1) is 16.5. The van der Waals surface area contributed by atoms with Crippen LogP contribution in [0.1, 0.15) is 31.2 Å². The SMILES string of the molecule is COc1ccc(C2=CC=C(NC3COC3)C(N)(C3CCCC3)N2)cc1. The van der Waals surface area contributed by atoms with Crippen molar-refractivity contribution in [1.29, 1.82) is 0 Å². The van der Waals surface area contributed by atoms with E-state index in [0.29, 0.717) is 12.0 Å². The van der Waals surface area contributed by atoms with Crippen molar-refractivity contribution in [3.05, 3.63) is 47.7 Å². The number of nitrogens with one attached hydrogen (secondary N) is 2. The molecule has 0 radical (unpaired) electrons. The number of hydrogen-bond acceptors (Lipinski definition) is 5. The third-order valence-electron chi connectivity index (χ3n) is 5.60. The monoisotopic (exact) mass is 341 g/mol. The largest absolute Gasteiger partial charge is 0.497 e. The van der Waals surface area contributed by atoms with Gasteiger partial charge in [0.15, 0.2) is 0 Å². The number of ether oxygens (including phenoxy) is 2. The highest BCUT2D eigenvalue weighted by Crippen LogP contribution is 2.38. The van der Waals surface area contributed by atoms with Gasteiger partial charge in [0.25, 0.3) is 0 Å². The second-order valence-corrected chi connectivity index (χ2v) is 7.24. The van der Waals surface area contributed by atoms with Crippen LogP contribution in [0.2, 0.25) is 0 Å². The zero-order valence-corrected chi connectivity index (χ0v) is 14.8. The quantitative estimate of drug-likeness (QED) is 0.767. The predicted molar refractivity (Wildman–Crippen MR) is 98.8 cm³/mol. The summed E-state index contributed by atoms with van der Waals surface area (Å²) in [5.74, 6) is 1.30. The molecule has 1 aliphatic carbocycles. The Bertz CT molecular complexity index is 673. The van der Waals surface area contributed by atoms with Gasteiger partial charge < -0.3 is 25.8 Å². The Morgan fingerprint density at radius 2 is 1.88 bits per heavy atom. The maximum atomic E-state index is 6.97. The zero-order chi connectivity index (χ0) is 17.3. The molecule has 0 spiro atoms. The molecule has 5 heteroatoms. The van der Waals surface area contributed by atoms with Crippen LogP contribution in [0.15, 0.2) is 42.1 Å². The third-order valence-corrected chi connectivity index (χ3v) is 5.60. The summed E-state index contributed by atoms with van der Waals surface area (Å²) in [6, 6.07) is 8.47. The van der Waals surface area contributed by atoms with Gasteiger partial charge >= 0.3 is 0 Å². The molecule has 134 valence electrons. The smallest absolute Gasteiger partial charge is 0.130 e. The first-order valence-electron chi connectivity index (χ1n) is 9.17. The van der Waals surface area contributed by atoms with E-state index in [1.807, 2.05) is 12.1 Å². The molecule has 3 aliphatic rings. The Morgan fingerprint density at radius 1 is 1.16 bits per heavy atom. The molecule has 25 heavy (non-hydrogen) atoms. The van der Waals surface area contributed by atoms with Crippen LogP contribution in [0, 0.1) is 5.92 Å². The Hall–Kier alpha value is -1.98. The summed E-state index contributed by atoms with van der Waals surface area (Å²) < 4.78 is 10.6. The summed E-state index contributed by atoms with van der Waals surface area (Å²) in [4.78, 5) is 0. The number of benzene rings is 1. The van der Waals surface area contributed by atoms with E-state index in [9.17, 15) is 0 Å². The normalized spacial score (nSPS) is 27.1. The first-order chi connectivity index (χ1) is 12.2. The summed E-state index contributed by atoms with van der Waals surface area (Å²) in [5, 5.41) is 7.25. The van der Waals surface area contributed by atoms with E-state index < -0.39 is 5.66 Å². The van der Waals surface area contributed by atoms with Crippen molar-refractivity contribution in [1.82, 2.24) is 10.6 Å². The Labute approximate surface area is 149 Å². The molecule has 1 unspecified atom stereocenters. The maximum Gasteiger partial charge on any atom is 0.130 e. The third kappa shape index (κ3) is 3.14. The van der Waals surface area contributed by atoms with E-state index in [-0.39, 0.29) is 0 Å². The van der Waals surface area contributed by atoms with Gasteiger partial charge in [0, 0.05) is 11.6 Å². The minimum absolute atomic E-state index is 0.369. The summed E-state index contributed by atoms with van der Waals surface area (Å²) in [5.41, 5.74) is 9.70. The van der Waals surface area contributed by atoms with E-state index in [4.69, 9.17) is 15.2 Å². The molecule has 2 heterocycles. The van der Waals surface area contributed by atoms with Crippen LogP contribution in [0.4, 0.5) is 0 Å². The van der Waals surface area contributed by atoms with Crippen molar-refractivity contribution in [2.45, 2.75) is 37.4 Å². The lowest BCUT2D eigenvalue weighted by Crippen LogP contribution is -2.64. The molecule has 0 amide bonds. The van der Waals surface area contributed by atoms with Gasteiger partial charge in [0.05, 0.1) is 32.1 Å². The van der Waals surface area contributed by atoms with Crippen LogP contribution < -0.4 is 21.1 Å². The average Bonchev–Trinajstić information content (AvgIpc) is 3.14. The molecule has 0 aromatic heterocycles. The van der Waals surface area contributed by atoms with Crippen molar-refractivity contribution in [2.24, 2.45) is 11.7 Å². The second-order valence-electron chi connectivity index (χ2n) is 7.24. The summed E-state index contributed by atoms with van der Waals surface area (Å²) in [7, 11) is 1.68. The summed E-state index contributed by atoms with van der Waals surface area (Å²) in [6.07, 6.45) is 9.11. The predicted octanol–water partition coefficient (Wildman–Crippen LogP) is 2.36. The molecular formula is C20H27N3O2. The topological polar surface area (TPSA) is 68.5 Å². The summed E-state index contributed by atoms with van der Waals surface area (Å²) in [6.45, 7) is 1.51. The Kier molecular flexibility index (Phi) is 4.44. The number of nitrogens with two attached hydrogens (primary N) is 1. The van der Waals surface area contributed by atoms with Crippen molar-refractivity contribution >= 4 is 5.70 Å². The number of methoxy groups -OCH3 is 1. The fraction of sp³-hybridized carbons (Fsp3) is 0.500. The van der Waals surface area contributed by atoms with Crippen LogP contribution in [0.5, 0.6) is 5.75 Å². The molecule has 4 rings (SSSR count). The van der Waals surface area contributed by atoms with Crippen molar-refractivity contribution in [2.75, 3.05) is 20.3 Å². The van der Waals surface area contributed by atoms with Crippen LogP contribution in [-0.4, -0.2) is 32.0 Å². The average molecular weight is 341 g/mol. The minimum atomic E-state index is -0.546. The van der Waals surface area contributed by atoms with Crippen molar-refractivity contribution in [3.8, 4) is 5.75 Å². The fourth-order valence-electron chi connectivity index (χ4n) is 3.98. The molecule has 4 N–H and O–H groups in total. The highest BCUT2D eigenvalue weighted by atomic mass is 16.5. The molecule has 1 aromatic rings. The zero-order valence-electron chi connectivity index (χ0n) is 14.8. The number of rotatable bonds is 5. The van der Waals surface area contributed by atoms with Crippen LogP contribution in [0.3, 0.4) is 0 Å². The van der Waals surface area contributed by atoms with Gasteiger partial charge in [-0.3, -0.25) is 0 Å². The number of allylic oxidation sites excluding steroid dienone is 2. The van der Waals surface area contributed by atoms with E-state index in [2.05, 4.69) is 34.9 Å². The molecule has 1 saturated heterocycles.